The summed E-state index contributed by atoms with van der Waals surface area (Å²) in [7, 11) is 0. The Kier molecular flexibility index (Phi) is 6.73. The topological polar surface area (TPSA) is 104 Å². The van der Waals surface area contributed by atoms with Crippen LogP contribution in [0.15, 0.2) is 81.9 Å². The highest BCUT2D eigenvalue weighted by atomic mass is 19.1. The van der Waals surface area contributed by atoms with Crippen molar-refractivity contribution in [1.82, 2.24) is 14.5 Å². The van der Waals surface area contributed by atoms with E-state index in [2.05, 4.69) is 15.5 Å². The molecule has 2 fully saturated rings. The van der Waals surface area contributed by atoms with Gasteiger partial charge in [0.2, 0.25) is 11.3 Å². The molecule has 0 radical (unpaired) electrons. The molecule has 1 aliphatic carbocycles. The van der Waals surface area contributed by atoms with E-state index in [9.17, 15) is 19.1 Å². The molecule has 7 rings (SSSR count). The second kappa shape index (κ2) is 10.7. The van der Waals surface area contributed by atoms with Crippen LogP contribution in [0.5, 0.6) is 5.88 Å². The van der Waals surface area contributed by atoms with E-state index in [-0.39, 0.29) is 40.5 Å². The maximum Gasteiger partial charge on any atom is 0.300 e. The largest absolute Gasteiger partial charge is 0.493 e. The second-order valence-electron chi connectivity index (χ2n) is 11.0. The maximum absolute atomic E-state index is 15.3. The first-order valence-electron chi connectivity index (χ1n) is 14.2. The zero-order chi connectivity index (χ0) is 29.7. The van der Waals surface area contributed by atoms with Crippen molar-refractivity contribution in [3.05, 3.63) is 99.8 Å². The van der Waals surface area contributed by atoms with Crippen LogP contribution in [0, 0.1) is 11.6 Å². The summed E-state index contributed by atoms with van der Waals surface area (Å²) in [5.74, 6) is -2.31. The van der Waals surface area contributed by atoms with Gasteiger partial charge in [-0.1, -0.05) is 30.3 Å². The number of nitrogens with zero attached hydrogens (tertiary/aromatic N) is 5. The predicted molar refractivity (Wildman–Crippen MR) is 159 cm³/mol. The highest BCUT2D eigenvalue weighted by Crippen LogP contribution is 2.40. The molecule has 5 aromatic rings. The van der Waals surface area contributed by atoms with Crippen molar-refractivity contribution >= 4 is 39.1 Å². The lowest BCUT2D eigenvalue weighted by Crippen LogP contribution is -2.43. The van der Waals surface area contributed by atoms with Gasteiger partial charge in [0.25, 0.3) is 0 Å². The van der Waals surface area contributed by atoms with E-state index in [1.807, 2.05) is 39.8 Å². The number of azo groups is 1. The molecule has 43 heavy (non-hydrogen) atoms. The fraction of sp³-hybridized carbons (Fsp3) is 0.250. The number of amides is 1. The van der Waals surface area contributed by atoms with Gasteiger partial charge in [-0.25, -0.2) is 8.78 Å². The standard InChI is InChI=1S/C32H28F2N6O3/c33-20-6-9-26-22(14-20)29(32(43)40(26)17-19-4-2-1-3-5-19)36-37-31(42)24-18-39(21-7-8-21)27-16-28(38-12-10-35-11-13-38)25(34)15-23(27)30(24)41/h1-6,9,14-16,18,21,35,43H,7-8,10-13,17H2. The van der Waals surface area contributed by atoms with E-state index >= 15 is 4.39 Å². The molecule has 3 aromatic carbocycles. The fourth-order valence-corrected chi connectivity index (χ4v) is 5.78. The Morgan fingerprint density at radius 2 is 1.74 bits per heavy atom. The minimum Gasteiger partial charge on any atom is -0.493 e. The number of fused-ring (bicyclic) bond motifs is 2. The van der Waals surface area contributed by atoms with Gasteiger partial charge in [-0.05, 0) is 48.7 Å². The Morgan fingerprint density at radius 1 is 0.977 bits per heavy atom. The number of rotatable bonds is 6. The molecule has 2 aromatic heterocycles. The molecule has 11 heteroatoms. The van der Waals surface area contributed by atoms with E-state index in [0.29, 0.717) is 29.8 Å². The number of hydrogen-bond acceptors (Lipinski definition) is 6. The van der Waals surface area contributed by atoms with Gasteiger partial charge < -0.3 is 24.5 Å². The lowest BCUT2D eigenvalue weighted by atomic mass is 10.1. The molecule has 1 aliphatic heterocycles. The van der Waals surface area contributed by atoms with E-state index < -0.39 is 23.0 Å². The van der Waals surface area contributed by atoms with Crippen LogP contribution >= 0.6 is 0 Å². The van der Waals surface area contributed by atoms with E-state index in [1.165, 1.54) is 30.5 Å². The van der Waals surface area contributed by atoms with Crippen LogP contribution in [0.25, 0.3) is 21.8 Å². The first kappa shape index (κ1) is 27.0. The Labute approximate surface area is 244 Å². The lowest BCUT2D eigenvalue weighted by molar-refractivity contribution is 0.0993. The summed E-state index contributed by atoms with van der Waals surface area (Å²) in [4.78, 5) is 28.8. The third kappa shape index (κ3) is 4.95. The van der Waals surface area contributed by atoms with Gasteiger partial charge in [-0.3, -0.25) is 9.59 Å². The van der Waals surface area contributed by atoms with Gasteiger partial charge >= 0.3 is 5.91 Å². The molecule has 0 atom stereocenters. The van der Waals surface area contributed by atoms with Crippen LogP contribution in [-0.4, -0.2) is 46.3 Å². The van der Waals surface area contributed by atoms with Crippen LogP contribution in [0.2, 0.25) is 0 Å². The number of benzene rings is 3. The molecule has 3 heterocycles. The SMILES string of the molecule is O=C(N=Nc1c(O)n(Cc2ccccc2)c2ccc(F)cc12)c1cn(C2CC2)c2cc(N3CCNCC3)c(F)cc2c1=O. The molecule has 0 spiro atoms. The molecule has 2 aliphatic rings. The minimum absolute atomic E-state index is 0.0795. The first-order chi connectivity index (χ1) is 20.9. The number of aromatic hydroxyl groups is 1. The average molecular weight is 583 g/mol. The van der Waals surface area contributed by atoms with Gasteiger partial charge in [0.15, 0.2) is 5.69 Å². The van der Waals surface area contributed by atoms with Crippen molar-refractivity contribution in [3.63, 3.8) is 0 Å². The summed E-state index contributed by atoms with van der Waals surface area (Å²) in [6, 6.07) is 16.4. The second-order valence-corrected chi connectivity index (χ2v) is 11.0. The highest BCUT2D eigenvalue weighted by molar-refractivity contribution is 5.99. The average Bonchev–Trinajstić information content (AvgIpc) is 3.83. The number of carbonyl (C=O) groups excluding carboxylic acids is 1. The van der Waals surface area contributed by atoms with Gasteiger partial charge in [-0.2, -0.15) is 0 Å². The van der Waals surface area contributed by atoms with Crippen molar-refractivity contribution < 1.29 is 18.7 Å². The molecular formula is C32H28F2N6O3. The monoisotopic (exact) mass is 582 g/mol. The van der Waals surface area contributed by atoms with E-state index in [1.54, 1.807) is 10.6 Å². The number of carbonyl (C=O) groups is 1. The van der Waals surface area contributed by atoms with Crippen molar-refractivity contribution in [2.45, 2.75) is 25.4 Å². The third-order valence-corrected chi connectivity index (χ3v) is 8.13. The molecule has 1 amide bonds. The number of hydrogen-bond donors (Lipinski definition) is 2. The Hall–Kier alpha value is -4.90. The Balaban J connectivity index is 1.29. The molecular weight excluding hydrogens is 554 g/mol. The minimum atomic E-state index is -0.937. The molecule has 2 N–H and O–H groups in total. The quantitative estimate of drug-likeness (QED) is 0.252. The lowest BCUT2D eigenvalue weighted by Gasteiger charge is -2.30. The molecule has 0 unspecified atom stereocenters. The van der Waals surface area contributed by atoms with Crippen LogP contribution in [0.4, 0.5) is 20.2 Å². The summed E-state index contributed by atoms with van der Waals surface area (Å²) in [6.07, 6.45) is 3.21. The van der Waals surface area contributed by atoms with Crippen LogP contribution in [0.3, 0.4) is 0 Å². The third-order valence-electron chi connectivity index (χ3n) is 8.13. The van der Waals surface area contributed by atoms with Crippen LogP contribution in [0.1, 0.15) is 34.8 Å². The van der Waals surface area contributed by atoms with E-state index in [0.717, 1.165) is 31.5 Å². The van der Waals surface area contributed by atoms with Crippen LogP contribution < -0.4 is 15.6 Å². The highest BCUT2D eigenvalue weighted by Gasteiger charge is 2.28. The zero-order valence-corrected chi connectivity index (χ0v) is 23.1. The number of nitrogens with one attached hydrogen (secondary N) is 1. The van der Waals surface area contributed by atoms with Crippen molar-refractivity contribution in [2.24, 2.45) is 10.2 Å². The summed E-state index contributed by atoms with van der Waals surface area (Å²) in [5.41, 5.74) is 1.39. The van der Waals surface area contributed by atoms with Crippen LogP contribution in [-0.2, 0) is 6.54 Å². The maximum atomic E-state index is 15.3. The smallest absolute Gasteiger partial charge is 0.300 e. The summed E-state index contributed by atoms with van der Waals surface area (Å²) >= 11 is 0. The number of halogens is 2. The number of aromatic nitrogens is 2. The molecule has 0 bridgehead atoms. The van der Waals surface area contributed by atoms with Gasteiger partial charge in [-0.15, -0.1) is 10.2 Å². The molecule has 1 saturated heterocycles. The summed E-state index contributed by atoms with van der Waals surface area (Å²) in [5, 5.41) is 22.5. The number of anilines is 1. The van der Waals surface area contributed by atoms with Crippen molar-refractivity contribution in [1.29, 1.82) is 0 Å². The van der Waals surface area contributed by atoms with Gasteiger partial charge in [0.05, 0.1) is 23.3 Å². The van der Waals surface area contributed by atoms with Crippen molar-refractivity contribution in [2.75, 3.05) is 31.1 Å². The number of pyridine rings is 1. The number of piperazine rings is 1. The summed E-state index contributed by atoms with van der Waals surface area (Å²) < 4.78 is 33.0. The fourth-order valence-electron chi connectivity index (χ4n) is 5.78. The van der Waals surface area contributed by atoms with Gasteiger partial charge in [0.1, 0.15) is 17.2 Å². The van der Waals surface area contributed by atoms with Gasteiger partial charge in [0, 0.05) is 49.2 Å². The molecule has 1 saturated carbocycles. The first-order valence-corrected chi connectivity index (χ1v) is 14.2. The summed E-state index contributed by atoms with van der Waals surface area (Å²) in [6.45, 7) is 3.03. The predicted octanol–water partition coefficient (Wildman–Crippen LogP) is 5.66. The van der Waals surface area contributed by atoms with Crippen molar-refractivity contribution in [3.8, 4) is 5.88 Å². The zero-order valence-electron chi connectivity index (χ0n) is 23.1. The van der Waals surface area contributed by atoms with E-state index in [4.69, 9.17) is 0 Å². The Morgan fingerprint density at radius 3 is 2.49 bits per heavy atom. The Bertz CT molecular complexity index is 1980. The molecule has 9 nitrogen and oxygen atoms in total. The normalized spacial score (nSPS) is 15.6. The molecule has 218 valence electrons.